The first kappa shape index (κ1) is 15.3. The Bertz CT molecular complexity index is 584. The molecule has 0 aliphatic rings. The van der Waals surface area contributed by atoms with Gasteiger partial charge in [0.05, 0.1) is 13.0 Å². The molecule has 1 amide bonds. The normalized spacial score (nSPS) is 10.2. The number of hydrogen-bond acceptors (Lipinski definition) is 2. The third kappa shape index (κ3) is 5.44. The summed E-state index contributed by atoms with van der Waals surface area (Å²) in [5, 5.41) is 3.39. The average molecular weight is 308 g/mol. The first-order valence-electron chi connectivity index (χ1n) is 6.53. The summed E-state index contributed by atoms with van der Waals surface area (Å²) in [5.41, 5.74) is 0.850. The molecule has 5 heteroatoms. The van der Waals surface area contributed by atoms with Crippen molar-refractivity contribution in [1.29, 1.82) is 0 Å². The van der Waals surface area contributed by atoms with E-state index < -0.39 is 0 Å². The zero-order chi connectivity index (χ0) is 15.1. The highest BCUT2D eigenvalue weighted by molar-refractivity contribution is 6.30. The molecule has 2 aromatic rings. The summed E-state index contributed by atoms with van der Waals surface area (Å²) in [6, 6.07) is 13.0. The highest BCUT2D eigenvalue weighted by Gasteiger charge is 2.02. The molecular formula is C16H15ClFNO2. The molecule has 2 rings (SSSR count). The lowest BCUT2D eigenvalue weighted by molar-refractivity contribution is -0.121. The van der Waals surface area contributed by atoms with Crippen LogP contribution >= 0.6 is 11.6 Å². The lowest BCUT2D eigenvalue weighted by Crippen LogP contribution is -2.24. The first-order chi connectivity index (χ1) is 10.1. The minimum absolute atomic E-state index is 0.117. The highest BCUT2D eigenvalue weighted by Crippen LogP contribution is 2.15. The smallest absolute Gasteiger partial charge is 0.223 e. The van der Waals surface area contributed by atoms with Crippen LogP contribution in [0.1, 0.15) is 12.0 Å². The van der Waals surface area contributed by atoms with Crippen LogP contribution in [0.4, 0.5) is 4.39 Å². The molecular weight excluding hydrogens is 293 g/mol. The Kier molecular flexibility index (Phi) is 5.58. The van der Waals surface area contributed by atoms with Gasteiger partial charge in [-0.3, -0.25) is 4.79 Å². The largest absolute Gasteiger partial charge is 0.493 e. The summed E-state index contributed by atoms with van der Waals surface area (Å²) in [4.78, 5) is 11.6. The van der Waals surface area contributed by atoms with E-state index in [-0.39, 0.29) is 24.8 Å². The molecule has 0 aliphatic heterocycles. The predicted octanol–water partition coefficient (Wildman–Crippen LogP) is 3.56. The molecule has 0 spiro atoms. The topological polar surface area (TPSA) is 38.3 Å². The van der Waals surface area contributed by atoms with Crippen molar-refractivity contribution in [3.8, 4) is 5.75 Å². The number of carbonyl (C=O) groups excluding carboxylic acids is 1. The first-order valence-corrected chi connectivity index (χ1v) is 6.91. The van der Waals surface area contributed by atoms with E-state index in [1.165, 1.54) is 12.1 Å². The quantitative estimate of drug-likeness (QED) is 0.886. The molecule has 0 heterocycles. The zero-order valence-electron chi connectivity index (χ0n) is 11.3. The van der Waals surface area contributed by atoms with E-state index in [0.29, 0.717) is 17.3 Å². The Morgan fingerprint density at radius 1 is 1.10 bits per heavy atom. The van der Waals surface area contributed by atoms with Crippen LogP contribution in [0, 0.1) is 5.82 Å². The summed E-state index contributed by atoms with van der Waals surface area (Å²) < 4.78 is 18.2. The van der Waals surface area contributed by atoms with E-state index >= 15 is 0 Å². The molecule has 0 radical (unpaired) electrons. The van der Waals surface area contributed by atoms with Gasteiger partial charge in [-0.25, -0.2) is 4.39 Å². The van der Waals surface area contributed by atoms with Gasteiger partial charge >= 0.3 is 0 Å². The molecule has 0 atom stereocenters. The van der Waals surface area contributed by atoms with E-state index in [2.05, 4.69) is 5.32 Å². The number of rotatable bonds is 6. The van der Waals surface area contributed by atoms with Gasteiger partial charge in [0.15, 0.2) is 0 Å². The van der Waals surface area contributed by atoms with Gasteiger partial charge in [0.1, 0.15) is 11.6 Å². The molecule has 0 bridgehead atoms. The maximum Gasteiger partial charge on any atom is 0.223 e. The van der Waals surface area contributed by atoms with E-state index in [1.54, 1.807) is 36.4 Å². The number of carbonyl (C=O) groups is 1. The molecule has 1 N–H and O–H groups in total. The number of nitrogens with one attached hydrogen (secondary N) is 1. The summed E-state index contributed by atoms with van der Waals surface area (Å²) in [5.74, 6) is 0.264. The maximum absolute atomic E-state index is 12.7. The number of ether oxygens (including phenoxy) is 1. The Hall–Kier alpha value is -2.07. The monoisotopic (exact) mass is 307 g/mol. The molecule has 0 saturated carbocycles. The van der Waals surface area contributed by atoms with Crippen LogP contribution in [0.2, 0.25) is 5.02 Å². The van der Waals surface area contributed by atoms with Gasteiger partial charge in [-0.1, -0.05) is 23.7 Å². The van der Waals surface area contributed by atoms with Crippen molar-refractivity contribution < 1.29 is 13.9 Å². The van der Waals surface area contributed by atoms with E-state index in [4.69, 9.17) is 16.3 Å². The van der Waals surface area contributed by atoms with Crippen molar-refractivity contribution in [3.63, 3.8) is 0 Å². The number of hydrogen-bond donors (Lipinski definition) is 1. The summed E-state index contributed by atoms with van der Waals surface area (Å²) in [7, 11) is 0. The van der Waals surface area contributed by atoms with Crippen molar-refractivity contribution in [2.24, 2.45) is 0 Å². The number of amides is 1. The fourth-order valence-corrected chi connectivity index (χ4v) is 1.81. The van der Waals surface area contributed by atoms with E-state index in [9.17, 15) is 9.18 Å². The molecule has 110 valence electrons. The van der Waals surface area contributed by atoms with Crippen LogP contribution in [0.25, 0.3) is 0 Å². The van der Waals surface area contributed by atoms with Gasteiger partial charge in [-0.15, -0.1) is 0 Å². The van der Waals surface area contributed by atoms with Crippen molar-refractivity contribution in [2.75, 3.05) is 6.61 Å². The lowest BCUT2D eigenvalue weighted by Gasteiger charge is -2.07. The Balaban J connectivity index is 1.67. The molecule has 3 nitrogen and oxygen atoms in total. The fourth-order valence-electron chi connectivity index (χ4n) is 1.68. The Morgan fingerprint density at radius 3 is 2.43 bits per heavy atom. The SMILES string of the molecule is O=C(CCOc1ccc(Cl)cc1)NCc1ccc(F)cc1. The van der Waals surface area contributed by atoms with Gasteiger partial charge in [0, 0.05) is 11.6 Å². The van der Waals surface area contributed by atoms with Crippen molar-refractivity contribution in [3.05, 3.63) is 64.9 Å². The minimum Gasteiger partial charge on any atom is -0.493 e. The van der Waals surface area contributed by atoms with Gasteiger partial charge < -0.3 is 10.1 Å². The number of benzene rings is 2. The fraction of sp³-hybridized carbons (Fsp3) is 0.188. The second kappa shape index (κ2) is 7.64. The average Bonchev–Trinajstić information content (AvgIpc) is 2.49. The van der Waals surface area contributed by atoms with Gasteiger partial charge in [-0.05, 0) is 42.0 Å². The molecule has 2 aromatic carbocycles. The van der Waals surface area contributed by atoms with Gasteiger partial charge in [0.2, 0.25) is 5.91 Å². The summed E-state index contributed by atoms with van der Waals surface area (Å²) in [6.07, 6.45) is 0.254. The minimum atomic E-state index is -0.290. The van der Waals surface area contributed by atoms with Crippen LogP contribution in [-0.2, 0) is 11.3 Å². The van der Waals surface area contributed by atoms with Crippen LogP contribution in [0.15, 0.2) is 48.5 Å². The maximum atomic E-state index is 12.7. The molecule has 0 aliphatic carbocycles. The van der Waals surface area contributed by atoms with Crippen molar-refractivity contribution in [2.45, 2.75) is 13.0 Å². The summed E-state index contributed by atoms with van der Waals surface area (Å²) in [6.45, 7) is 0.664. The molecule has 0 aromatic heterocycles. The third-order valence-electron chi connectivity index (χ3n) is 2.81. The Labute approximate surface area is 127 Å². The second-order valence-corrected chi connectivity index (χ2v) is 4.89. The number of halogens is 2. The molecule has 0 fully saturated rings. The van der Waals surface area contributed by atoms with Crippen molar-refractivity contribution in [1.82, 2.24) is 5.32 Å². The van der Waals surface area contributed by atoms with Crippen LogP contribution < -0.4 is 10.1 Å². The van der Waals surface area contributed by atoms with Crippen LogP contribution in [-0.4, -0.2) is 12.5 Å². The van der Waals surface area contributed by atoms with Gasteiger partial charge in [0.25, 0.3) is 0 Å². The van der Waals surface area contributed by atoms with Gasteiger partial charge in [-0.2, -0.15) is 0 Å². The lowest BCUT2D eigenvalue weighted by atomic mass is 10.2. The Morgan fingerprint density at radius 2 is 1.76 bits per heavy atom. The zero-order valence-corrected chi connectivity index (χ0v) is 12.1. The van der Waals surface area contributed by atoms with E-state index in [1.807, 2.05) is 0 Å². The molecule has 21 heavy (non-hydrogen) atoms. The van der Waals surface area contributed by atoms with Crippen molar-refractivity contribution >= 4 is 17.5 Å². The third-order valence-corrected chi connectivity index (χ3v) is 3.07. The molecule has 0 unspecified atom stereocenters. The highest BCUT2D eigenvalue weighted by atomic mass is 35.5. The van der Waals surface area contributed by atoms with E-state index in [0.717, 1.165) is 5.56 Å². The predicted molar refractivity (Wildman–Crippen MR) is 79.8 cm³/mol. The standard InChI is InChI=1S/C16H15ClFNO2/c17-13-3-7-15(8-4-13)21-10-9-16(20)19-11-12-1-5-14(18)6-2-12/h1-8H,9-11H2,(H,19,20). The molecule has 0 saturated heterocycles. The van der Waals surface area contributed by atoms with Crippen LogP contribution in [0.5, 0.6) is 5.75 Å². The van der Waals surface area contributed by atoms with Crippen LogP contribution in [0.3, 0.4) is 0 Å². The summed E-state index contributed by atoms with van der Waals surface area (Å²) >= 11 is 5.76. The second-order valence-electron chi connectivity index (χ2n) is 4.46.